The molecule has 0 aromatic carbocycles. The highest BCUT2D eigenvalue weighted by molar-refractivity contribution is 6.55. The standard InChI is InChI=1S/C16H19Cl2FO3/c1-4-6-12(11(19)7-5-8-20)22-15(21)14-10(9-13(17)18)16(14,2)3/h7,9-10,12,14,20H,5,8H2,1-3H3/b11-7-. The molecule has 1 aliphatic rings. The van der Waals surface area contributed by atoms with Crippen molar-refractivity contribution >= 4 is 29.2 Å². The summed E-state index contributed by atoms with van der Waals surface area (Å²) in [7, 11) is 0. The molecular weight excluding hydrogens is 330 g/mol. The molecule has 3 nitrogen and oxygen atoms in total. The van der Waals surface area contributed by atoms with Gasteiger partial charge in [0.2, 0.25) is 6.10 Å². The fraction of sp³-hybridized carbons (Fsp3) is 0.562. The smallest absolute Gasteiger partial charge is 0.311 e. The molecule has 0 heterocycles. The second-order valence-electron chi connectivity index (χ2n) is 5.59. The Balaban J connectivity index is 2.81. The molecule has 0 spiro atoms. The average molecular weight is 349 g/mol. The van der Waals surface area contributed by atoms with E-state index in [4.69, 9.17) is 33.0 Å². The Labute approximate surface area is 140 Å². The van der Waals surface area contributed by atoms with E-state index in [0.29, 0.717) is 0 Å². The Morgan fingerprint density at radius 1 is 1.50 bits per heavy atom. The van der Waals surface area contributed by atoms with E-state index in [9.17, 15) is 9.18 Å². The maximum atomic E-state index is 13.9. The number of halogens is 3. The van der Waals surface area contributed by atoms with Crippen LogP contribution in [0.4, 0.5) is 4.39 Å². The van der Waals surface area contributed by atoms with Gasteiger partial charge in [-0.05, 0) is 36.8 Å². The molecular formula is C16H19Cl2FO3. The zero-order chi connectivity index (χ0) is 16.9. The number of esters is 1. The van der Waals surface area contributed by atoms with Crippen molar-refractivity contribution in [3.8, 4) is 11.8 Å². The molecule has 0 saturated heterocycles. The van der Waals surface area contributed by atoms with E-state index < -0.39 is 23.8 Å². The molecule has 6 heteroatoms. The average Bonchev–Trinajstić information content (AvgIpc) is 2.95. The first kappa shape index (κ1) is 19.0. The van der Waals surface area contributed by atoms with Gasteiger partial charge in [0.15, 0.2) is 0 Å². The van der Waals surface area contributed by atoms with E-state index >= 15 is 0 Å². The fourth-order valence-electron chi connectivity index (χ4n) is 2.36. The Morgan fingerprint density at radius 3 is 2.64 bits per heavy atom. The van der Waals surface area contributed by atoms with Gasteiger partial charge in [-0.3, -0.25) is 4.79 Å². The second kappa shape index (κ2) is 8.01. The Kier molecular flexibility index (Phi) is 6.93. The lowest BCUT2D eigenvalue weighted by atomic mass is 10.1. The van der Waals surface area contributed by atoms with Gasteiger partial charge < -0.3 is 9.84 Å². The molecule has 0 aromatic rings. The predicted molar refractivity (Wildman–Crippen MR) is 84.8 cm³/mol. The van der Waals surface area contributed by atoms with E-state index in [1.165, 1.54) is 6.92 Å². The monoisotopic (exact) mass is 348 g/mol. The largest absolute Gasteiger partial charge is 0.441 e. The van der Waals surface area contributed by atoms with Crippen molar-refractivity contribution in [1.82, 2.24) is 0 Å². The van der Waals surface area contributed by atoms with Crippen LogP contribution in [0, 0.1) is 29.1 Å². The van der Waals surface area contributed by atoms with Crippen molar-refractivity contribution in [3.63, 3.8) is 0 Å². The van der Waals surface area contributed by atoms with Crippen LogP contribution in [0.1, 0.15) is 27.2 Å². The predicted octanol–water partition coefficient (Wildman–Crippen LogP) is 3.75. The van der Waals surface area contributed by atoms with Gasteiger partial charge in [0.25, 0.3) is 0 Å². The SMILES string of the molecule is CC#CC(OC(=O)C1C(C=C(Cl)Cl)C1(C)C)/C(F)=C/CCO. The highest BCUT2D eigenvalue weighted by Crippen LogP contribution is 2.60. The van der Waals surface area contributed by atoms with Gasteiger partial charge in [-0.25, -0.2) is 4.39 Å². The zero-order valence-corrected chi connectivity index (χ0v) is 14.2. The number of hydrogen-bond donors (Lipinski definition) is 1. The summed E-state index contributed by atoms with van der Waals surface area (Å²) in [5.41, 5.74) is -0.346. The van der Waals surface area contributed by atoms with Crippen LogP contribution in [-0.4, -0.2) is 23.8 Å². The van der Waals surface area contributed by atoms with Crippen LogP contribution in [-0.2, 0) is 9.53 Å². The quantitative estimate of drug-likeness (QED) is 0.587. The minimum absolute atomic E-state index is 0.0901. The van der Waals surface area contributed by atoms with E-state index in [1.807, 2.05) is 13.8 Å². The van der Waals surface area contributed by atoms with Gasteiger partial charge in [0.1, 0.15) is 10.3 Å². The molecule has 0 aromatic heterocycles. The topological polar surface area (TPSA) is 46.5 Å². The fourth-order valence-corrected chi connectivity index (χ4v) is 2.63. The van der Waals surface area contributed by atoms with Crippen LogP contribution in [0.5, 0.6) is 0 Å². The number of carbonyl (C=O) groups is 1. The van der Waals surface area contributed by atoms with Crippen molar-refractivity contribution in [1.29, 1.82) is 0 Å². The lowest BCUT2D eigenvalue weighted by molar-refractivity contribution is -0.148. The Morgan fingerprint density at radius 2 is 2.14 bits per heavy atom. The molecule has 1 N–H and O–H groups in total. The minimum atomic E-state index is -1.25. The van der Waals surface area contributed by atoms with Crippen LogP contribution < -0.4 is 0 Å². The molecule has 122 valence electrons. The molecule has 22 heavy (non-hydrogen) atoms. The van der Waals surface area contributed by atoms with Gasteiger partial charge >= 0.3 is 5.97 Å². The van der Waals surface area contributed by atoms with Crippen LogP contribution in [0.25, 0.3) is 0 Å². The first-order valence-corrected chi connectivity index (χ1v) is 7.63. The summed E-state index contributed by atoms with van der Waals surface area (Å²) >= 11 is 11.3. The van der Waals surface area contributed by atoms with Gasteiger partial charge in [0, 0.05) is 6.61 Å². The van der Waals surface area contributed by atoms with Crippen LogP contribution in [0.3, 0.4) is 0 Å². The Hall–Kier alpha value is -1.02. The van der Waals surface area contributed by atoms with Crippen molar-refractivity contribution in [2.75, 3.05) is 6.61 Å². The molecule has 3 atom stereocenters. The highest BCUT2D eigenvalue weighted by Gasteiger charge is 2.62. The molecule has 0 aliphatic heterocycles. The van der Waals surface area contributed by atoms with E-state index in [1.54, 1.807) is 6.08 Å². The lowest BCUT2D eigenvalue weighted by Crippen LogP contribution is -2.20. The van der Waals surface area contributed by atoms with E-state index in [-0.39, 0.29) is 28.9 Å². The number of carbonyl (C=O) groups excluding carboxylic acids is 1. The number of hydrogen-bond acceptors (Lipinski definition) is 3. The first-order valence-electron chi connectivity index (χ1n) is 6.87. The summed E-state index contributed by atoms with van der Waals surface area (Å²) in [4.78, 5) is 12.2. The summed E-state index contributed by atoms with van der Waals surface area (Å²) in [6.07, 6.45) is 1.63. The molecule has 3 unspecified atom stereocenters. The van der Waals surface area contributed by atoms with Crippen molar-refractivity contribution in [2.45, 2.75) is 33.3 Å². The lowest BCUT2D eigenvalue weighted by Gasteiger charge is -2.11. The van der Waals surface area contributed by atoms with Crippen molar-refractivity contribution in [2.24, 2.45) is 17.3 Å². The molecule has 1 aliphatic carbocycles. The summed E-state index contributed by atoms with van der Waals surface area (Å²) in [5, 5.41) is 8.71. The number of aliphatic hydroxyl groups excluding tert-OH is 1. The first-order chi connectivity index (χ1) is 10.3. The minimum Gasteiger partial charge on any atom is -0.441 e. The summed E-state index contributed by atoms with van der Waals surface area (Å²) in [6.45, 7) is 5.11. The molecule has 1 saturated carbocycles. The summed E-state index contributed by atoms with van der Waals surface area (Å²) in [6, 6.07) is 0. The van der Waals surface area contributed by atoms with Gasteiger partial charge in [-0.1, -0.05) is 43.0 Å². The number of aliphatic hydroxyl groups is 1. The molecule has 0 bridgehead atoms. The van der Waals surface area contributed by atoms with Crippen LogP contribution in [0.2, 0.25) is 0 Å². The number of allylic oxidation sites excluding steroid dienone is 1. The van der Waals surface area contributed by atoms with Gasteiger partial charge in [-0.15, -0.1) is 5.92 Å². The normalized spacial score (nSPS) is 23.9. The third-order valence-corrected chi connectivity index (χ3v) is 3.95. The Bertz CT molecular complexity index is 539. The molecule has 0 amide bonds. The maximum absolute atomic E-state index is 13.9. The van der Waals surface area contributed by atoms with Gasteiger partial charge in [-0.2, -0.15) is 0 Å². The number of rotatable bonds is 6. The van der Waals surface area contributed by atoms with Gasteiger partial charge in [0.05, 0.1) is 5.92 Å². The van der Waals surface area contributed by atoms with E-state index in [0.717, 1.165) is 6.08 Å². The third-order valence-electron chi connectivity index (χ3n) is 3.70. The summed E-state index contributed by atoms with van der Waals surface area (Å²) in [5.74, 6) is 3.22. The maximum Gasteiger partial charge on any atom is 0.311 e. The van der Waals surface area contributed by atoms with Crippen LogP contribution in [0.15, 0.2) is 22.5 Å². The third kappa shape index (κ3) is 4.74. The number of ether oxygens (including phenoxy) is 1. The zero-order valence-electron chi connectivity index (χ0n) is 12.7. The van der Waals surface area contributed by atoms with Crippen molar-refractivity contribution < 1.29 is 19.0 Å². The van der Waals surface area contributed by atoms with Crippen molar-refractivity contribution in [3.05, 3.63) is 22.5 Å². The highest BCUT2D eigenvalue weighted by atomic mass is 35.5. The van der Waals surface area contributed by atoms with E-state index in [2.05, 4.69) is 11.8 Å². The van der Waals surface area contributed by atoms with Crippen LogP contribution >= 0.6 is 23.2 Å². The summed E-state index contributed by atoms with van der Waals surface area (Å²) < 4.78 is 19.2. The second-order valence-corrected chi connectivity index (χ2v) is 6.60. The molecule has 1 fully saturated rings. The molecule has 1 rings (SSSR count). The molecule has 0 radical (unpaired) electrons.